The van der Waals surface area contributed by atoms with Crippen molar-refractivity contribution in [2.45, 2.75) is 6.92 Å². The fourth-order valence-corrected chi connectivity index (χ4v) is 1.32. The summed E-state index contributed by atoms with van der Waals surface area (Å²) in [4.78, 5) is 7.63. The van der Waals surface area contributed by atoms with Crippen LogP contribution in [0.15, 0.2) is 48.7 Å². The van der Waals surface area contributed by atoms with E-state index in [4.69, 9.17) is 0 Å². The maximum Gasteiger partial charge on any atom is 0.0864 e. The van der Waals surface area contributed by atoms with Crippen molar-refractivity contribution >= 4 is 11.0 Å². The first kappa shape index (κ1) is 8.75. The predicted octanol–water partition coefficient (Wildman–Crippen LogP) is 3.00. The van der Waals surface area contributed by atoms with Crippen LogP contribution in [0, 0.1) is 6.92 Å². The number of nitrogens with one attached hydrogen (secondary N) is 1. The van der Waals surface area contributed by atoms with Gasteiger partial charge in [0, 0.05) is 11.9 Å². The zero-order valence-corrected chi connectivity index (χ0v) is 8.07. The molecule has 0 aliphatic rings. The number of fused-ring (bicyclic) bond motifs is 1. The molecule has 0 saturated heterocycles. The van der Waals surface area contributed by atoms with Crippen LogP contribution in [-0.4, -0.2) is 9.97 Å². The van der Waals surface area contributed by atoms with E-state index in [0.29, 0.717) is 0 Å². The summed E-state index contributed by atoms with van der Waals surface area (Å²) in [6.07, 6.45) is 1.80. The minimum atomic E-state index is 0.965. The smallest absolute Gasteiger partial charge is 0.0864 e. The van der Waals surface area contributed by atoms with E-state index in [1.54, 1.807) is 6.20 Å². The summed E-state index contributed by atoms with van der Waals surface area (Å²) in [6.45, 7) is 2.03. The molecule has 0 aliphatic carbocycles. The Labute approximate surface area is 82.9 Å². The predicted molar refractivity (Wildman–Crippen MR) is 58.5 cm³/mol. The number of aromatic amines is 1. The minimum absolute atomic E-state index is 0.965. The molecule has 0 atom stereocenters. The molecule has 0 amide bonds. The molecule has 2 rings (SSSR count). The molecule has 0 radical (unpaired) electrons. The van der Waals surface area contributed by atoms with Gasteiger partial charge in [-0.15, -0.1) is 0 Å². The number of H-pyrrole nitrogens is 1. The zero-order chi connectivity index (χ0) is 9.80. The van der Waals surface area contributed by atoms with Crippen molar-refractivity contribution in [1.82, 2.24) is 9.97 Å². The summed E-state index contributed by atoms with van der Waals surface area (Å²) in [5.41, 5.74) is 3.12. The van der Waals surface area contributed by atoms with E-state index >= 15 is 0 Å². The molecule has 14 heavy (non-hydrogen) atoms. The highest BCUT2D eigenvalue weighted by Crippen LogP contribution is 2.05. The standard InChI is InChI=1S/C12H12N2/c1-10-6-4-5-9-13-11-7-2-3-8-12(11)14-10/h2-9,14H,1H3. The average molecular weight is 184 g/mol. The molecule has 2 heteroatoms. The lowest BCUT2D eigenvalue weighted by Crippen LogP contribution is -1.77. The average Bonchev–Trinajstić information content (AvgIpc) is 2.27. The Balaban J connectivity index is 2.86. The summed E-state index contributed by atoms with van der Waals surface area (Å²) in [5.74, 6) is 0. The fourth-order valence-electron chi connectivity index (χ4n) is 1.32. The molecule has 70 valence electrons. The number of hydrogen-bond donors (Lipinski definition) is 1. The van der Waals surface area contributed by atoms with E-state index in [9.17, 15) is 0 Å². The van der Waals surface area contributed by atoms with Crippen LogP contribution in [0.1, 0.15) is 5.69 Å². The molecule has 1 aromatic carbocycles. The number of hydrogen-bond acceptors (Lipinski definition) is 1. The summed E-state index contributed by atoms with van der Waals surface area (Å²) >= 11 is 0. The zero-order valence-electron chi connectivity index (χ0n) is 8.07. The van der Waals surface area contributed by atoms with Crippen molar-refractivity contribution in [1.29, 1.82) is 0 Å². The lowest BCUT2D eigenvalue weighted by Gasteiger charge is -1.92. The van der Waals surface area contributed by atoms with Crippen molar-refractivity contribution in [3.8, 4) is 0 Å². The van der Waals surface area contributed by atoms with Crippen LogP contribution >= 0.6 is 0 Å². The van der Waals surface area contributed by atoms with Crippen LogP contribution in [0.4, 0.5) is 0 Å². The number of nitrogens with zero attached hydrogens (tertiary/aromatic N) is 1. The molecular formula is C12H12N2. The Bertz CT molecular complexity index is 484. The van der Waals surface area contributed by atoms with Crippen molar-refractivity contribution in [3.05, 3.63) is 54.4 Å². The first-order valence-electron chi connectivity index (χ1n) is 4.60. The Morgan fingerprint density at radius 1 is 1.00 bits per heavy atom. The quantitative estimate of drug-likeness (QED) is 0.670. The highest BCUT2D eigenvalue weighted by molar-refractivity contribution is 5.72. The topological polar surface area (TPSA) is 28.7 Å². The molecule has 2 aromatic rings. The van der Waals surface area contributed by atoms with Crippen LogP contribution in [0.3, 0.4) is 0 Å². The fraction of sp³-hybridized carbons (Fsp3) is 0.0833. The number of benzene rings is 1. The molecule has 0 unspecified atom stereocenters. The van der Waals surface area contributed by atoms with E-state index in [1.807, 2.05) is 49.4 Å². The Morgan fingerprint density at radius 3 is 2.71 bits per heavy atom. The normalized spacial score (nSPS) is 9.79. The van der Waals surface area contributed by atoms with Gasteiger partial charge in [-0.3, -0.25) is 4.98 Å². The maximum atomic E-state index is 4.33. The van der Waals surface area contributed by atoms with Gasteiger partial charge in [0.1, 0.15) is 0 Å². The summed E-state index contributed by atoms with van der Waals surface area (Å²) < 4.78 is 0. The second-order valence-corrected chi connectivity index (χ2v) is 3.15. The van der Waals surface area contributed by atoms with Crippen molar-refractivity contribution < 1.29 is 0 Å². The van der Waals surface area contributed by atoms with Crippen LogP contribution in [-0.2, 0) is 0 Å². The van der Waals surface area contributed by atoms with Gasteiger partial charge in [-0.05, 0) is 31.2 Å². The second kappa shape index (κ2) is 3.92. The third kappa shape index (κ3) is 1.91. The molecule has 0 bridgehead atoms. The third-order valence-electron chi connectivity index (χ3n) is 1.99. The van der Waals surface area contributed by atoms with Gasteiger partial charge >= 0.3 is 0 Å². The first-order valence-corrected chi connectivity index (χ1v) is 4.60. The molecular weight excluding hydrogens is 172 g/mol. The van der Waals surface area contributed by atoms with E-state index in [-0.39, 0.29) is 0 Å². The molecule has 0 fully saturated rings. The molecule has 1 heterocycles. The lowest BCUT2D eigenvalue weighted by molar-refractivity contribution is 1.26. The number of aromatic nitrogens is 2. The van der Waals surface area contributed by atoms with E-state index in [0.717, 1.165) is 16.7 Å². The maximum absolute atomic E-state index is 4.33. The largest absolute Gasteiger partial charge is 0.357 e. The van der Waals surface area contributed by atoms with Gasteiger partial charge in [0.25, 0.3) is 0 Å². The molecule has 2 nitrogen and oxygen atoms in total. The van der Waals surface area contributed by atoms with E-state index in [1.165, 1.54) is 0 Å². The van der Waals surface area contributed by atoms with Gasteiger partial charge in [-0.25, -0.2) is 0 Å². The molecule has 0 aliphatic heterocycles. The summed E-state index contributed by atoms with van der Waals surface area (Å²) in [6, 6.07) is 13.9. The molecule has 0 spiro atoms. The van der Waals surface area contributed by atoms with E-state index in [2.05, 4.69) is 9.97 Å². The first-order chi connectivity index (χ1) is 6.86. The van der Waals surface area contributed by atoms with Gasteiger partial charge in [0.05, 0.1) is 11.0 Å². The number of aryl methyl sites for hydroxylation is 1. The van der Waals surface area contributed by atoms with Crippen LogP contribution in [0.2, 0.25) is 0 Å². The summed E-state index contributed by atoms with van der Waals surface area (Å²) in [5, 5.41) is 0. The number of rotatable bonds is 0. The van der Waals surface area contributed by atoms with E-state index < -0.39 is 0 Å². The monoisotopic (exact) mass is 184 g/mol. The molecule has 1 N–H and O–H groups in total. The Hall–Kier alpha value is -1.83. The van der Waals surface area contributed by atoms with Gasteiger partial charge in [-0.2, -0.15) is 0 Å². The van der Waals surface area contributed by atoms with Gasteiger partial charge in [-0.1, -0.05) is 18.2 Å². The van der Waals surface area contributed by atoms with Gasteiger partial charge in [0.2, 0.25) is 0 Å². The lowest BCUT2D eigenvalue weighted by atomic mass is 10.3. The minimum Gasteiger partial charge on any atom is -0.357 e. The van der Waals surface area contributed by atoms with Crippen LogP contribution in [0.25, 0.3) is 11.0 Å². The van der Waals surface area contributed by atoms with Crippen molar-refractivity contribution in [3.63, 3.8) is 0 Å². The number of para-hydroxylation sites is 2. The summed E-state index contributed by atoms with van der Waals surface area (Å²) in [7, 11) is 0. The highest BCUT2D eigenvalue weighted by atomic mass is 14.7. The molecule has 0 saturated carbocycles. The highest BCUT2D eigenvalue weighted by Gasteiger charge is 1.87. The van der Waals surface area contributed by atoms with Crippen molar-refractivity contribution in [2.75, 3.05) is 0 Å². The van der Waals surface area contributed by atoms with Crippen LogP contribution in [0.5, 0.6) is 0 Å². The van der Waals surface area contributed by atoms with Gasteiger partial charge in [0.15, 0.2) is 0 Å². The molecule has 1 aromatic heterocycles. The van der Waals surface area contributed by atoms with Crippen molar-refractivity contribution in [2.24, 2.45) is 0 Å². The third-order valence-corrected chi connectivity index (χ3v) is 1.99. The Morgan fingerprint density at radius 2 is 1.79 bits per heavy atom. The van der Waals surface area contributed by atoms with Crippen LogP contribution < -0.4 is 0 Å². The SMILES string of the molecule is Cc1ccccnc2ccccc2[nH]1. The Kier molecular flexibility index (Phi) is 2.45. The van der Waals surface area contributed by atoms with Gasteiger partial charge < -0.3 is 4.98 Å². The second-order valence-electron chi connectivity index (χ2n) is 3.15.